The molecule has 1 aromatic rings. The van der Waals surface area contributed by atoms with Crippen LogP contribution in [0.25, 0.3) is 0 Å². The molecular formula is C7H4Br3. The van der Waals surface area contributed by atoms with Crippen LogP contribution in [-0.2, 0) is 0 Å². The summed E-state index contributed by atoms with van der Waals surface area (Å²) < 4.78 is 2.15. The molecule has 0 unspecified atom stereocenters. The van der Waals surface area contributed by atoms with Crippen LogP contribution in [0.3, 0.4) is 0 Å². The van der Waals surface area contributed by atoms with Gasteiger partial charge in [-0.05, 0) is 23.8 Å². The van der Waals surface area contributed by atoms with Crippen LogP contribution < -0.4 is 0 Å². The van der Waals surface area contributed by atoms with E-state index in [-0.39, 0.29) is 0 Å². The SMILES string of the molecule is Br[CH]c1cc(Br)cc(Br)c1. The topological polar surface area (TPSA) is 0 Å². The van der Waals surface area contributed by atoms with Crippen molar-refractivity contribution < 1.29 is 0 Å². The van der Waals surface area contributed by atoms with Crippen LogP contribution in [0.15, 0.2) is 27.1 Å². The lowest BCUT2D eigenvalue weighted by atomic mass is 10.2. The van der Waals surface area contributed by atoms with Crippen LogP contribution in [0.1, 0.15) is 5.56 Å². The standard InChI is InChI=1S/C7H4Br3/c8-4-5-1-6(9)3-7(10)2-5/h1-4H. The van der Waals surface area contributed by atoms with E-state index in [0.29, 0.717) is 0 Å². The third-order valence-corrected chi connectivity index (χ3v) is 2.46. The lowest BCUT2D eigenvalue weighted by Crippen LogP contribution is -1.74. The average molecular weight is 328 g/mol. The van der Waals surface area contributed by atoms with E-state index in [2.05, 4.69) is 47.8 Å². The minimum atomic E-state index is 1.08. The van der Waals surface area contributed by atoms with Crippen molar-refractivity contribution in [2.45, 2.75) is 0 Å². The first-order chi connectivity index (χ1) is 4.72. The fourth-order valence-corrected chi connectivity index (χ4v) is 2.23. The maximum absolute atomic E-state index is 3.38. The monoisotopic (exact) mass is 325 g/mol. The van der Waals surface area contributed by atoms with Gasteiger partial charge < -0.3 is 0 Å². The van der Waals surface area contributed by atoms with Gasteiger partial charge in [-0.3, -0.25) is 0 Å². The van der Waals surface area contributed by atoms with Crippen molar-refractivity contribution in [2.75, 3.05) is 0 Å². The van der Waals surface area contributed by atoms with Crippen LogP contribution in [0, 0.1) is 5.33 Å². The van der Waals surface area contributed by atoms with Gasteiger partial charge in [-0.15, -0.1) is 0 Å². The molecule has 0 spiro atoms. The molecule has 0 aliphatic rings. The highest BCUT2D eigenvalue weighted by molar-refractivity contribution is 9.11. The van der Waals surface area contributed by atoms with E-state index in [1.54, 1.807) is 0 Å². The van der Waals surface area contributed by atoms with Gasteiger partial charge in [0.25, 0.3) is 0 Å². The van der Waals surface area contributed by atoms with Crippen molar-refractivity contribution in [1.82, 2.24) is 0 Å². The molecule has 0 aliphatic heterocycles. The van der Waals surface area contributed by atoms with Gasteiger partial charge in [0, 0.05) is 8.95 Å². The van der Waals surface area contributed by atoms with Gasteiger partial charge in [-0.1, -0.05) is 47.8 Å². The highest BCUT2D eigenvalue weighted by atomic mass is 79.9. The van der Waals surface area contributed by atoms with E-state index >= 15 is 0 Å². The Bertz CT molecular complexity index is 212. The smallest absolute Gasteiger partial charge is 0.0562 e. The average Bonchev–Trinajstić information content (AvgIpc) is 1.85. The largest absolute Gasteiger partial charge is 0.0823 e. The Balaban J connectivity index is 3.06. The molecule has 0 bridgehead atoms. The fourth-order valence-electron chi connectivity index (χ4n) is 0.638. The minimum Gasteiger partial charge on any atom is -0.0823 e. The van der Waals surface area contributed by atoms with Crippen molar-refractivity contribution in [1.29, 1.82) is 0 Å². The van der Waals surface area contributed by atoms with E-state index in [9.17, 15) is 0 Å². The fraction of sp³-hybridized carbons (Fsp3) is 0. The number of halogens is 3. The Morgan fingerprint density at radius 3 is 1.90 bits per heavy atom. The van der Waals surface area contributed by atoms with Gasteiger partial charge in [-0.2, -0.15) is 0 Å². The quantitative estimate of drug-likeness (QED) is 0.728. The maximum Gasteiger partial charge on any atom is 0.0562 e. The molecule has 10 heavy (non-hydrogen) atoms. The first-order valence-electron chi connectivity index (χ1n) is 2.62. The molecule has 0 N–H and O–H groups in total. The van der Waals surface area contributed by atoms with Crippen LogP contribution in [0.4, 0.5) is 0 Å². The van der Waals surface area contributed by atoms with Crippen molar-refractivity contribution in [3.05, 3.63) is 38.0 Å². The zero-order valence-electron chi connectivity index (χ0n) is 4.94. The van der Waals surface area contributed by atoms with Gasteiger partial charge >= 0.3 is 0 Å². The second-order valence-electron chi connectivity index (χ2n) is 1.81. The summed E-state index contributed by atoms with van der Waals surface area (Å²) in [6.45, 7) is 0. The molecule has 1 radical (unpaired) electrons. The number of hydrogen-bond acceptors (Lipinski definition) is 0. The molecule has 0 amide bonds. The summed E-state index contributed by atoms with van der Waals surface area (Å²) in [5, 5.41) is 1.88. The lowest BCUT2D eigenvalue weighted by molar-refractivity contribution is 1.52. The Hall–Kier alpha value is 0.660. The summed E-state index contributed by atoms with van der Waals surface area (Å²) >= 11 is 10.0. The number of benzene rings is 1. The molecule has 0 atom stereocenters. The summed E-state index contributed by atoms with van der Waals surface area (Å²) in [5.41, 5.74) is 1.14. The molecule has 3 heteroatoms. The van der Waals surface area contributed by atoms with E-state index in [1.807, 2.05) is 23.5 Å². The van der Waals surface area contributed by atoms with Crippen LogP contribution in [-0.4, -0.2) is 0 Å². The molecule has 0 fully saturated rings. The molecule has 0 aliphatic carbocycles. The molecule has 0 saturated carbocycles. The molecule has 0 heterocycles. The van der Waals surface area contributed by atoms with Gasteiger partial charge in [0.05, 0.1) is 5.33 Å². The van der Waals surface area contributed by atoms with Crippen molar-refractivity contribution in [3.63, 3.8) is 0 Å². The van der Waals surface area contributed by atoms with Crippen molar-refractivity contribution in [2.24, 2.45) is 0 Å². The van der Waals surface area contributed by atoms with Crippen LogP contribution in [0.2, 0.25) is 0 Å². The first-order valence-corrected chi connectivity index (χ1v) is 5.12. The first kappa shape index (κ1) is 8.75. The van der Waals surface area contributed by atoms with Gasteiger partial charge in [0.1, 0.15) is 0 Å². The third-order valence-electron chi connectivity index (χ3n) is 1.01. The zero-order valence-corrected chi connectivity index (χ0v) is 9.70. The summed E-state index contributed by atoms with van der Waals surface area (Å²) in [6.07, 6.45) is 0. The number of rotatable bonds is 1. The Kier molecular flexibility index (Phi) is 3.40. The Labute approximate surface area is 85.4 Å². The van der Waals surface area contributed by atoms with Crippen molar-refractivity contribution >= 4 is 47.8 Å². The predicted molar refractivity (Wildman–Crippen MR) is 54.2 cm³/mol. The van der Waals surface area contributed by atoms with Gasteiger partial charge in [0.15, 0.2) is 0 Å². The zero-order chi connectivity index (χ0) is 7.56. The number of hydrogen-bond donors (Lipinski definition) is 0. The summed E-state index contributed by atoms with van der Waals surface area (Å²) in [5.74, 6) is 0. The molecular weight excluding hydrogens is 324 g/mol. The Morgan fingerprint density at radius 1 is 1.00 bits per heavy atom. The van der Waals surface area contributed by atoms with E-state index in [4.69, 9.17) is 0 Å². The molecule has 0 saturated heterocycles. The second kappa shape index (κ2) is 3.88. The second-order valence-corrected chi connectivity index (χ2v) is 4.10. The van der Waals surface area contributed by atoms with Crippen molar-refractivity contribution in [3.8, 4) is 0 Å². The Morgan fingerprint density at radius 2 is 1.50 bits per heavy atom. The highest BCUT2D eigenvalue weighted by Gasteiger charge is 1.94. The molecule has 0 aromatic heterocycles. The lowest BCUT2D eigenvalue weighted by Gasteiger charge is -1.96. The van der Waals surface area contributed by atoms with Gasteiger partial charge in [0.2, 0.25) is 0 Å². The minimum absolute atomic E-state index is 1.08. The predicted octanol–water partition coefficient (Wildman–Crippen LogP) is 4.12. The molecule has 0 nitrogen and oxygen atoms in total. The summed E-state index contributed by atoms with van der Waals surface area (Å²) in [7, 11) is 0. The van der Waals surface area contributed by atoms with E-state index in [1.165, 1.54) is 0 Å². The van der Waals surface area contributed by atoms with E-state index < -0.39 is 0 Å². The normalized spacial score (nSPS) is 9.90. The molecule has 1 aromatic carbocycles. The van der Waals surface area contributed by atoms with E-state index in [0.717, 1.165) is 14.5 Å². The third kappa shape index (κ3) is 2.36. The summed E-state index contributed by atoms with van der Waals surface area (Å²) in [4.78, 5) is 0. The maximum atomic E-state index is 3.38. The van der Waals surface area contributed by atoms with Crippen LogP contribution >= 0.6 is 47.8 Å². The van der Waals surface area contributed by atoms with Crippen LogP contribution in [0.5, 0.6) is 0 Å². The molecule has 1 rings (SSSR count). The van der Waals surface area contributed by atoms with Gasteiger partial charge in [-0.25, -0.2) is 0 Å². The molecule has 53 valence electrons. The summed E-state index contributed by atoms with van der Waals surface area (Å²) in [6, 6.07) is 6.05. The highest BCUT2D eigenvalue weighted by Crippen LogP contribution is 2.21.